The number of rotatable bonds is 5. The minimum Gasteiger partial charge on any atom is -0.466 e. The fraction of sp³-hybridized carbons (Fsp3) is 0.462. The minimum atomic E-state index is -0.866. The van der Waals surface area contributed by atoms with Gasteiger partial charge in [0, 0.05) is 6.07 Å². The SMILES string of the molecule is CCOC(=O)CC(C)(NC)c1cc(F)cc(F)c1. The summed E-state index contributed by atoms with van der Waals surface area (Å²) in [6, 6.07) is 3.21. The molecular formula is C13H17F2NO2. The molecule has 1 rings (SSSR count). The van der Waals surface area contributed by atoms with Gasteiger partial charge in [0.15, 0.2) is 0 Å². The van der Waals surface area contributed by atoms with E-state index in [1.807, 2.05) is 0 Å². The lowest BCUT2D eigenvalue weighted by atomic mass is 9.88. The summed E-state index contributed by atoms with van der Waals surface area (Å²) in [6.45, 7) is 3.67. The van der Waals surface area contributed by atoms with Crippen molar-refractivity contribution in [2.24, 2.45) is 0 Å². The average molecular weight is 257 g/mol. The average Bonchev–Trinajstić information content (AvgIpc) is 2.27. The van der Waals surface area contributed by atoms with E-state index in [1.54, 1.807) is 20.9 Å². The van der Waals surface area contributed by atoms with Crippen LogP contribution in [-0.4, -0.2) is 19.6 Å². The van der Waals surface area contributed by atoms with Gasteiger partial charge in [0.2, 0.25) is 0 Å². The Morgan fingerprint density at radius 1 is 1.33 bits per heavy atom. The molecule has 0 amide bonds. The third-order valence-electron chi connectivity index (χ3n) is 2.85. The number of carbonyl (C=O) groups is 1. The Labute approximate surface area is 105 Å². The Morgan fingerprint density at radius 2 is 1.89 bits per heavy atom. The molecule has 1 N–H and O–H groups in total. The van der Waals surface area contributed by atoms with Crippen LogP contribution in [0.5, 0.6) is 0 Å². The first-order valence-corrected chi connectivity index (χ1v) is 5.72. The summed E-state index contributed by atoms with van der Waals surface area (Å²) in [5.74, 6) is -1.76. The zero-order valence-corrected chi connectivity index (χ0v) is 10.7. The van der Waals surface area contributed by atoms with Gasteiger partial charge < -0.3 is 10.1 Å². The summed E-state index contributed by atoms with van der Waals surface area (Å²) in [5, 5.41) is 2.90. The van der Waals surface area contributed by atoms with E-state index in [0.29, 0.717) is 5.56 Å². The van der Waals surface area contributed by atoms with Crippen LogP contribution in [0.1, 0.15) is 25.8 Å². The van der Waals surface area contributed by atoms with Gasteiger partial charge in [-0.15, -0.1) is 0 Å². The van der Waals surface area contributed by atoms with E-state index in [9.17, 15) is 13.6 Å². The van der Waals surface area contributed by atoms with Crippen molar-refractivity contribution in [3.63, 3.8) is 0 Å². The van der Waals surface area contributed by atoms with E-state index in [1.165, 1.54) is 12.1 Å². The van der Waals surface area contributed by atoms with Gasteiger partial charge in [-0.2, -0.15) is 0 Å². The second kappa shape index (κ2) is 5.91. The lowest BCUT2D eigenvalue weighted by Crippen LogP contribution is -2.39. The Morgan fingerprint density at radius 3 is 2.33 bits per heavy atom. The smallest absolute Gasteiger partial charge is 0.307 e. The molecule has 1 unspecified atom stereocenters. The number of esters is 1. The fourth-order valence-corrected chi connectivity index (χ4v) is 1.71. The normalized spacial score (nSPS) is 14.1. The van der Waals surface area contributed by atoms with Crippen LogP contribution in [-0.2, 0) is 15.1 Å². The van der Waals surface area contributed by atoms with Gasteiger partial charge in [-0.1, -0.05) is 0 Å². The molecule has 1 atom stereocenters. The molecule has 0 heterocycles. The van der Waals surface area contributed by atoms with E-state index in [0.717, 1.165) is 6.07 Å². The molecule has 5 heteroatoms. The molecule has 0 radical (unpaired) electrons. The van der Waals surface area contributed by atoms with Crippen LogP contribution < -0.4 is 5.32 Å². The quantitative estimate of drug-likeness (QED) is 0.823. The Kier molecular flexibility index (Phi) is 4.78. The summed E-state index contributed by atoms with van der Waals surface area (Å²) in [5.41, 5.74) is -0.495. The Hall–Kier alpha value is -1.49. The second-order valence-corrected chi connectivity index (χ2v) is 4.22. The van der Waals surface area contributed by atoms with Crippen molar-refractivity contribution in [1.29, 1.82) is 0 Å². The highest BCUT2D eigenvalue weighted by Gasteiger charge is 2.29. The van der Waals surface area contributed by atoms with Crippen molar-refractivity contribution in [2.45, 2.75) is 25.8 Å². The summed E-state index contributed by atoms with van der Waals surface area (Å²) < 4.78 is 31.2. The number of ether oxygens (including phenoxy) is 1. The molecule has 0 aliphatic carbocycles. The van der Waals surface area contributed by atoms with Crippen LogP contribution in [0.15, 0.2) is 18.2 Å². The highest BCUT2D eigenvalue weighted by molar-refractivity contribution is 5.71. The minimum absolute atomic E-state index is 0.000231. The van der Waals surface area contributed by atoms with E-state index < -0.39 is 23.1 Å². The van der Waals surface area contributed by atoms with Gasteiger partial charge in [0.25, 0.3) is 0 Å². The molecule has 0 aromatic heterocycles. The highest BCUT2D eigenvalue weighted by atomic mass is 19.1. The predicted octanol–water partition coefficient (Wildman–Crippen LogP) is 2.35. The first-order valence-electron chi connectivity index (χ1n) is 5.72. The lowest BCUT2D eigenvalue weighted by molar-refractivity contribution is -0.144. The van der Waals surface area contributed by atoms with Crippen molar-refractivity contribution in [1.82, 2.24) is 5.32 Å². The molecule has 1 aromatic carbocycles. The third kappa shape index (κ3) is 3.50. The summed E-state index contributed by atoms with van der Waals surface area (Å²) in [4.78, 5) is 11.5. The number of hydrogen-bond acceptors (Lipinski definition) is 3. The number of halogens is 2. The molecule has 0 saturated heterocycles. The van der Waals surface area contributed by atoms with Crippen molar-refractivity contribution in [3.05, 3.63) is 35.4 Å². The number of hydrogen-bond donors (Lipinski definition) is 1. The third-order valence-corrected chi connectivity index (χ3v) is 2.85. The fourth-order valence-electron chi connectivity index (χ4n) is 1.71. The topological polar surface area (TPSA) is 38.3 Å². The maximum absolute atomic E-state index is 13.2. The Bertz CT molecular complexity index is 417. The van der Waals surface area contributed by atoms with Gasteiger partial charge in [-0.3, -0.25) is 4.79 Å². The first-order chi connectivity index (χ1) is 8.41. The molecule has 3 nitrogen and oxygen atoms in total. The molecule has 0 aliphatic rings. The van der Waals surface area contributed by atoms with Crippen LogP contribution in [0.2, 0.25) is 0 Å². The molecule has 100 valence electrons. The lowest BCUT2D eigenvalue weighted by Gasteiger charge is -2.29. The van der Waals surface area contributed by atoms with Crippen molar-refractivity contribution in [2.75, 3.05) is 13.7 Å². The van der Waals surface area contributed by atoms with Gasteiger partial charge in [0.05, 0.1) is 18.6 Å². The van der Waals surface area contributed by atoms with Gasteiger partial charge in [-0.05, 0) is 38.6 Å². The van der Waals surface area contributed by atoms with Gasteiger partial charge in [0.1, 0.15) is 11.6 Å². The molecule has 0 fully saturated rings. The molecular weight excluding hydrogens is 240 g/mol. The zero-order chi connectivity index (χ0) is 13.8. The van der Waals surface area contributed by atoms with Crippen LogP contribution in [0.4, 0.5) is 8.78 Å². The van der Waals surface area contributed by atoms with Crippen LogP contribution in [0, 0.1) is 11.6 Å². The van der Waals surface area contributed by atoms with E-state index in [4.69, 9.17) is 4.74 Å². The second-order valence-electron chi connectivity index (χ2n) is 4.22. The van der Waals surface area contributed by atoms with Gasteiger partial charge >= 0.3 is 5.97 Å². The first kappa shape index (κ1) is 14.6. The Balaban J connectivity index is 3.02. The van der Waals surface area contributed by atoms with E-state index in [-0.39, 0.29) is 13.0 Å². The number of carbonyl (C=O) groups excluding carboxylic acids is 1. The predicted molar refractivity (Wildman–Crippen MR) is 64.0 cm³/mol. The van der Waals surface area contributed by atoms with Crippen LogP contribution >= 0.6 is 0 Å². The number of benzene rings is 1. The summed E-state index contributed by atoms with van der Waals surface area (Å²) in [7, 11) is 1.63. The van der Waals surface area contributed by atoms with Crippen molar-refractivity contribution >= 4 is 5.97 Å². The number of nitrogens with one attached hydrogen (secondary N) is 1. The van der Waals surface area contributed by atoms with Crippen molar-refractivity contribution in [3.8, 4) is 0 Å². The maximum Gasteiger partial charge on any atom is 0.307 e. The van der Waals surface area contributed by atoms with E-state index in [2.05, 4.69) is 5.32 Å². The summed E-state index contributed by atoms with van der Waals surface area (Å²) in [6.07, 6.45) is 0.000231. The van der Waals surface area contributed by atoms with Gasteiger partial charge in [-0.25, -0.2) is 8.78 Å². The van der Waals surface area contributed by atoms with E-state index >= 15 is 0 Å². The highest BCUT2D eigenvalue weighted by Crippen LogP contribution is 2.26. The standard InChI is InChI=1S/C13H17F2NO2/c1-4-18-12(17)8-13(2,16-3)9-5-10(14)7-11(15)6-9/h5-7,16H,4,8H2,1-3H3. The molecule has 0 saturated carbocycles. The molecule has 18 heavy (non-hydrogen) atoms. The molecule has 0 spiro atoms. The van der Waals surface area contributed by atoms with Crippen molar-refractivity contribution < 1.29 is 18.3 Å². The monoisotopic (exact) mass is 257 g/mol. The molecule has 1 aromatic rings. The molecule has 0 bridgehead atoms. The summed E-state index contributed by atoms with van der Waals surface area (Å²) >= 11 is 0. The zero-order valence-electron chi connectivity index (χ0n) is 10.7. The largest absolute Gasteiger partial charge is 0.466 e. The van der Waals surface area contributed by atoms with Crippen LogP contribution in [0.3, 0.4) is 0 Å². The maximum atomic E-state index is 13.2. The van der Waals surface area contributed by atoms with Crippen LogP contribution in [0.25, 0.3) is 0 Å². The molecule has 0 aliphatic heterocycles.